The van der Waals surface area contributed by atoms with Gasteiger partial charge in [-0.05, 0) is 42.8 Å². The van der Waals surface area contributed by atoms with Crippen molar-refractivity contribution in [3.8, 4) is 17.2 Å². The number of halogens is 3. The van der Waals surface area contributed by atoms with Crippen molar-refractivity contribution in [1.29, 1.82) is 0 Å². The molecule has 0 saturated heterocycles. The molecule has 0 saturated carbocycles. The van der Waals surface area contributed by atoms with Gasteiger partial charge in [0, 0.05) is 11.6 Å². The van der Waals surface area contributed by atoms with E-state index in [2.05, 4.69) is 14.9 Å². The van der Waals surface area contributed by atoms with Crippen LogP contribution >= 0.6 is 0 Å². The third-order valence-corrected chi connectivity index (χ3v) is 3.63. The first-order chi connectivity index (χ1) is 13.8. The molecule has 0 radical (unpaired) electrons. The molecule has 0 aliphatic carbocycles. The number of hydrogen-bond donors (Lipinski definition) is 0. The van der Waals surface area contributed by atoms with E-state index in [0.717, 1.165) is 23.8 Å². The maximum absolute atomic E-state index is 12.1. The second kappa shape index (κ2) is 8.59. The molecular weight excluding hydrogens is 389 g/mol. The maximum Gasteiger partial charge on any atom is 0.573 e. The molecule has 6 nitrogen and oxygen atoms in total. The van der Waals surface area contributed by atoms with Gasteiger partial charge in [0.1, 0.15) is 5.75 Å². The fourth-order valence-electron chi connectivity index (χ4n) is 2.31. The van der Waals surface area contributed by atoms with E-state index in [4.69, 9.17) is 9.15 Å². The van der Waals surface area contributed by atoms with Crippen molar-refractivity contribution in [2.45, 2.75) is 19.4 Å². The van der Waals surface area contributed by atoms with Gasteiger partial charge >= 0.3 is 12.3 Å². The molecule has 3 aromatic rings. The van der Waals surface area contributed by atoms with E-state index in [9.17, 15) is 18.0 Å². The molecular formula is C20H15F3N2O4. The summed E-state index contributed by atoms with van der Waals surface area (Å²) >= 11 is 0. The van der Waals surface area contributed by atoms with Gasteiger partial charge in [-0.2, -0.15) is 0 Å². The highest BCUT2D eigenvalue weighted by atomic mass is 19.4. The third-order valence-electron chi connectivity index (χ3n) is 3.63. The van der Waals surface area contributed by atoms with Crippen molar-refractivity contribution < 1.29 is 31.9 Å². The van der Waals surface area contributed by atoms with Crippen LogP contribution in [0.5, 0.6) is 5.75 Å². The molecule has 2 aromatic carbocycles. The van der Waals surface area contributed by atoms with Gasteiger partial charge in [0.05, 0.1) is 0 Å². The summed E-state index contributed by atoms with van der Waals surface area (Å²) in [6.07, 6.45) is -2.99. The van der Waals surface area contributed by atoms with Crippen LogP contribution < -0.4 is 4.74 Å². The Labute approximate surface area is 163 Å². The largest absolute Gasteiger partial charge is 0.573 e. The van der Waals surface area contributed by atoms with Crippen molar-refractivity contribution in [2.75, 3.05) is 0 Å². The number of esters is 1. The van der Waals surface area contributed by atoms with Crippen molar-refractivity contribution in [3.05, 3.63) is 72.1 Å². The zero-order valence-electron chi connectivity index (χ0n) is 15.1. The summed E-state index contributed by atoms with van der Waals surface area (Å²) in [5.41, 5.74) is 1.23. The fourth-order valence-corrected chi connectivity index (χ4v) is 2.31. The Balaban J connectivity index is 1.57. The van der Waals surface area contributed by atoms with E-state index in [-0.39, 0.29) is 11.6 Å². The predicted octanol–water partition coefficient (Wildman–Crippen LogP) is 4.95. The molecule has 0 N–H and O–H groups in total. The van der Waals surface area contributed by atoms with Crippen molar-refractivity contribution in [1.82, 2.24) is 10.2 Å². The lowest BCUT2D eigenvalue weighted by atomic mass is 10.2. The first-order valence-electron chi connectivity index (χ1n) is 8.43. The van der Waals surface area contributed by atoms with Crippen molar-refractivity contribution >= 4 is 12.0 Å². The average molecular weight is 404 g/mol. The molecule has 1 unspecified atom stereocenters. The molecule has 3 rings (SSSR count). The number of aromatic nitrogens is 2. The van der Waals surface area contributed by atoms with Crippen LogP contribution in [0.15, 0.2) is 65.1 Å². The highest BCUT2D eigenvalue weighted by Gasteiger charge is 2.30. The average Bonchev–Trinajstić information content (AvgIpc) is 3.17. The van der Waals surface area contributed by atoms with Crippen LogP contribution in [0.2, 0.25) is 0 Å². The minimum atomic E-state index is -4.76. The monoisotopic (exact) mass is 404 g/mol. The summed E-state index contributed by atoms with van der Waals surface area (Å²) in [6, 6.07) is 14.2. The molecule has 0 bridgehead atoms. The summed E-state index contributed by atoms with van der Waals surface area (Å²) in [5, 5.41) is 7.80. The molecule has 1 atom stereocenters. The molecule has 0 aliphatic rings. The summed E-state index contributed by atoms with van der Waals surface area (Å²) in [4.78, 5) is 12.0. The van der Waals surface area contributed by atoms with Gasteiger partial charge in [0.15, 0.2) is 6.10 Å². The second-order valence-electron chi connectivity index (χ2n) is 5.84. The summed E-state index contributed by atoms with van der Waals surface area (Å²) in [7, 11) is 0. The van der Waals surface area contributed by atoms with Gasteiger partial charge in [-0.25, -0.2) is 4.79 Å². The Morgan fingerprint density at radius 3 is 2.41 bits per heavy atom. The molecule has 0 amide bonds. The lowest BCUT2D eigenvalue weighted by molar-refractivity contribution is -0.274. The SMILES string of the molecule is CC(OC(=O)/C=C/c1ccc(OC(F)(F)F)cc1)c1nnc(-c2ccccc2)o1. The van der Waals surface area contributed by atoms with Gasteiger partial charge in [0.25, 0.3) is 5.89 Å². The van der Waals surface area contributed by atoms with Gasteiger partial charge in [0.2, 0.25) is 5.89 Å². The summed E-state index contributed by atoms with van der Waals surface area (Å²) in [6.45, 7) is 1.58. The van der Waals surface area contributed by atoms with E-state index in [1.807, 2.05) is 30.3 Å². The fraction of sp³-hybridized carbons (Fsp3) is 0.150. The number of carbonyl (C=O) groups excluding carboxylic acids is 1. The van der Waals surface area contributed by atoms with Crippen LogP contribution in [-0.2, 0) is 9.53 Å². The zero-order chi connectivity index (χ0) is 20.9. The summed E-state index contributed by atoms with van der Waals surface area (Å²) in [5.74, 6) is -0.580. The molecule has 29 heavy (non-hydrogen) atoms. The minimum absolute atomic E-state index is 0.138. The highest BCUT2D eigenvalue weighted by molar-refractivity contribution is 5.87. The van der Waals surface area contributed by atoms with Crippen LogP contribution in [0.1, 0.15) is 24.5 Å². The van der Waals surface area contributed by atoms with Crippen LogP contribution in [-0.4, -0.2) is 22.5 Å². The quantitative estimate of drug-likeness (QED) is 0.427. The smallest absolute Gasteiger partial charge is 0.449 e. The Morgan fingerprint density at radius 1 is 1.07 bits per heavy atom. The Morgan fingerprint density at radius 2 is 1.76 bits per heavy atom. The van der Waals surface area contributed by atoms with Crippen LogP contribution in [0, 0.1) is 0 Å². The number of carbonyl (C=O) groups is 1. The van der Waals surface area contributed by atoms with Crippen LogP contribution in [0.4, 0.5) is 13.2 Å². The number of ether oxygens (including phenoxy) is 2. The van der Waals surface area contributed by atoms with Crippen LogP contribution in [0.25, 0.3) is 17.5 Å². The topological polar surface area (TPSA) is 74.5 Å². The normalized spacial score (nSPS) is 12.7. The lowest BCUT2D eigenvalue weighted by Gasteiger charge is -2.08. The predicted molar refractivity (Wildman–Crippen MR) is 96.4 cm³/mol. The van der Waals surface area contributed by atoms with E-state index in [1.165, 1.54) is 18.2 Å². The first kappa shape index (κ1) is 20.1. The number of alkyl halides is 3. The molecule has 9 heteroatoms. The lowest BCUT2D eigenvalue weighted by Crippen LogP contribution is -2.16. The van der Waals surface area contributed by atoms with Gasteiger partial charge in [-0.1, -0.05) is 30.3 Å². The second-order valence-corrected chi connectivity index (χ2v) is 5.84. The Kier molecular flexibility index (Phi) is 5.96. The first-order valence-corrected chi connectivity index (χ1v) is 8.43. The molecule has 0 fully saturated rings. The van der Waals surface area contributed by atoms with Crippen LogP contribution in [0.3, 0.4) is 0 Å². The number of hydrogen-bond acceptors (Lipinski definition) is 6. The van der Waals surface area contributed by atoms with E-state index in [0.29, 0.717) is 11.5 Å². The van der Waals surface area contributed by atoms with E-state index in [1.54, 1.807) is 6.92 Å². The molecule has 1 heterocycles. The van der Waals surface area contributed by atoms with Crippen molar-refractivity contribution in [3.63, 3.8) is 0 Å². The number of benzene rings is 2. The molecule has 0 spiro atoms. The van der Waals surface area contributed by atoms with E-state index < -0.39 is 18.4 Å². The third kappa shape index (κ3) is 5.93. The summed E-state index contributed by atoms with van der Waals surface area (Å²) < 4.78 is 50.9. The molecule has 0 aliphatic heterocycles. The Bertz CT molecular complexity index is 983. The highest BCUT2D eigenvalue weighted by Crippen LogP contribution is 2.24. The van der Waals surface area contributed by atoms with Gasteiger partial charge < -0.3 is 13.9 Å². The minimum Gasteiger partial charge on any atom is -0.449 e. The zero-order valence-corrected chi connectivity index (χ0v) is 15.1. The molecule has 150 valence electrons. The molecule has 1 aromatic heterocycles. The van der Waals surface area contributed by atoms with Gasteiger partial charge in [-0.3, -0.25) is 0 Å². The number of nitrogens with zero attached hydrogens (tertiary/aromatic N) is 2. The standard InChI is InChI=1S/C20H15F3N2O4/c1-13(18-24-25-19(28-18)15-5-3-2-4-6-15)27-17(26)12-9-14-7-10-16(11-8-14)29-20(21,22)23/h2-13H,1H3/b12-9+. The van der Waals surface area contributed by atoms with Gasteiger partial charge in [-0.15, -0.1) is 23.4 Å². The Hall–Kier alpha value is -3.62. The maximum atomic E-state index is 12.1. The van der Waals surface area contributed by atoms with Crippen molar-refractivity contribution in [2.24, 2.45) is 0 Å². The van der Waals surface area contributed by atoms with E-state index >= 15 is 0 Å². The number of rotatable bonds is 6.